The highest BCUT2D eigenvalue weighted by molar-refractivity contribution is 5.10. The van der Waals surface area contributed by atoms with Crippen LogP contribution < -0.4 is 0 Å². The van der Waals surface area contributed by atoms with Gasteiger partial charge in [-0.25, -0.2) is 0 Å². The molecule has 8 unspecified atom stereocenters. The molecule has 12 heteroatoms. The van der Waals surface area contributed by atoms with E-state index in [4.69, 9.17) is 10.2 Å². The highest BCUT2D eigenvalue weighted by atomic mass is 16.4. The molecule has 0 aliphatic carbocycles. The van der Waals surface area contributed by atoms with Gasteiger partial charge in [0.25, 0.3) is 0 Å². The van der Waals surface area contributed by atoms with Crippen molar-refractivity contribution in [2.75, 3.05) is 13.2 Å². The quantitative estimate of drug-likeness (QED) is 0.183. The Hall–Kier alpha value is -1.32. The van der Waals surface area contributed by atoms with E-state index < -0.39 is 62.0 Å². The fourth-order valence-electron chi connectivity index (χ4n) is 2.05. The molecule has 0 spiro atoms. The van der Waals surface area contributed by atoms with Gasteiger partial charge in [0, 0.05) is 0 Å². The number of nitrogens with zero attached hydrogens (tertiary/aromatic N) is 2. The Balaban J connectivity index is 2.84. The Morgan fingerprint density at radius 1 is 0.577 bits per heavy atom. The molecule has 0 saturated carbocycles. The molecule has 150 valence electrons. The lowest BCUT2D eigenvalue weighted by Crippen LogP contribution is -2.43. The van der Waals surface area contributed by atoms with E-state index in [9.17, 15) is 40.9 Å². The molecular formula is C14H24N2O10. The zero-order valence-electron chi connectivity index (χ0n) is 13.6. The molecule has 0 aromatic carbocycles. The Labute approximate surface area is 147 Å². The molecule has 1 heterocycles. The van der Waals surface area contributed by atoms with E-state index in [1.165, 1.54) is 0 Å². The first kappa shape index (κ1) is 22.7. The fourth-order valence-corrected chi connectivity index (χ4v) is 2.05. The summed E-state index contributed by atoms with van der Waals surface area (Å²) in [5.74, 6) is 0. The van der Waals surface area contributed by atoms with Crippen molar-refractivity contribution in [1.82, 2.24) is 9.97 Å². The number of aliphatic hydroxyl groups excluding tert-OH is 10. The molecule has 0 bridgehead atoms. The van der Waals surface area contributed by atoms with E-state index in [-0.39, 0.29) is 11.4 Å². The van der Waals surface area contributed by atoms with Crippen molar-refractivity contribution >= 4 is 0 Å². The second-order valence-electron chi connectivity index (χ2n) is 5.72. The molecular weight excluding hydrogens is 356 g/mol. The van der Waals surface area contributed by atoms with Crippen LogP contribution in [0.3, 0.4) is 0 Å². The highest BCUT2D eigenvalue weighted by Gasteiger charge is 2.34. The Morgan fingerprint density at radius 2 is 0.885 bits per heavy atom. The van der Waals surface area contributed by atoms with Gasteiger partial charge in [-0.15, -0.1) is 0 Å². The van der Waals surface area contributed by atoms with Crippen LogP contribution in [0.2, 0.25) is 0 Å². The van der Waals surface area contributed by atoms with Crippen LogP contribution in [0.25, 0.3) is 0 Å². The summed E-state index contributed by atoms with van der Waals surface area (Å²) < 4.78 is 0. The Bertz CT molecular complexity index is 486. The van der Waals surface area contributed by atoms with Gasteiger partial charge in [-0.2, -0.15) is 0 Å². The lowest BCUT2D eigenvalue weighted by molar-refractivity contribution is -0.118. The van der Waals surface area contributed by atoms with Crippen LogP contribution in [0, 0.1) is 0 Å². The first-order chi connectivity index (χ1) is 12.1. The molecule has 0 saturated heterocycles. The first-order valence-electron chi connectivity index (χ1n) is 7.63. The van der Waals surface area contributed by atoms with Crippen LogP contribution in [-0.4, -0.2) is 111 Å². The van der Waals surface area contributed by atoms with Crippen LogP contribution >= 0.6 is 0 Å². The van der Waals surface area contributed by atoms with Gasteiger partial charge in [0.15, 0.2) is 0 Å². The summed E-state index contributed by atoms with van der Waals surface area (Å²) in [6, 6.07) is 0. The molecule has 0 aliphatic heterocycles. The Morgan fingerprint density at radius 3 is 1.12 bits per heavy atom. The maximum absolute atomic E-state index is 9.92. The molecule has 0 radical (unpaired) electrons. The smallest absolute Gasteiger partial charge is 0.126 e. The number of aromatic nitrogens is 2. The molecule has 1 aromatic rings. The monoisotopic (exact) mass is 380 g/mol. The third-order valence-electron chi connectivity index (χ3n) is 3.81. The van der Waals surface area contributed by atoms with Gasteiger partial charge in [-0.05, 0) is 0 Å². The maximum Gasteiger partial charge on any atom is 0.126 e. The third kappa shape index (κ3) is 5.34. The van der Waals surface area contributed by atoms with Gasteiger partial charge >= 0.3 is 0 Å². The summed E-state index contributed by atoms with van der Waals surface area (Å²) in [4.78, 5) is 7.41. The van der Waals surface area contributed by atoms with Gasteiger partial charge in [-0.1, -0.05) is 0 Å². The van der Waals surface area contributed by atoms with Crippen LogP contribution in [0.5, 0.6) is 0 Å². The summed E-state index contributed by atoms with van der Waals surface area (Å²) in [6.45, 7) is -1.69. The number of rotatable bonds is 10. The van der Waals surface area contributed by atoms with Crippen molar-refractivity contribution in [3.63, 3.8) is 0 Å². The van der Waals surface area contributed by atoms with Crippen molar-refractivity contribution in [1.29, 1.82) is 0 Å². The minimum absolute atomic E-state index is 0.247. The van der Waals surface area contributed by atoms with Crippen LogP contribution in [0.15, 0.2) is 12.4 Å². The highest BCUT2D eigenvalue weighted by Crippen LogP contribution is 2.21. The van der Waals surface area contributed by atoms with Crippen molar-refractivity contribution in [2.45, 2.75) is 48.8 Å². The van der Waals surface area contributed by atoms with Crippen molar-refractivity contribution in [2.24, 2.45) is 0 Å². The maximum atomic E-state index is 9.92. The molecule has 0 amide bonds. The molecule has 1 rings (SSSR count). The minimum atomic E-state index is -1.89. The predicted molar refractivity (Wildman–Crippen MR) is 82.2 cm³/mol. The van der Waals surface area contributed by atoms with E-state index in [1.54, 1.807) is 0 Å². The van der Waals surface area contributed by atoms with Gasteiger partial charge in [0.1, 0.15) is 48.8 Å². The molecule has 1 aromatic heterocycles. The summed E-state index contributed by atoms with van der Waals surface area (Å²) in [6.07, 6.45) is -12.6. The standard InChI is InChI=1S/C14H24N2O10/c17-3-7(19)11(23)13(25)9(21)5-1-15-6(2-16-5)10(22)14(26)12(24)8(20)4-18/h1-2,7-14,17-26H,3-4H2. The zero-order valence-corrected chi connectivity index (χ0v) is 13.6. The van der Waals surface area contributed by atoms with Crippen LogP contribution in [0.1, 0.15) is 23.6 Å². The fraction of sp³-hybridized carbons (Fsp3) is 0.714. The summed E-state index contributed by atoms with van der Waals surface area (Å²) in [5.41, 5.74) is -0.494. The van der Waals surface area contributed by atoms with Gasteiger partial charge in [0.05, 0.1) is 37.0 Å². The van der Waals surface area contributed by atoms with Gasteiger partial charge in [-0.3, -0.25) is 9.97 Å². The topological polar surface area (TPSA) is 228 Å². The lowest BCUT2D eigenvalue weighted by Gasteiger charge is -2.26. The normalized spacial score (nSPS) is 21.3. The summed E-state index contributed by atoms with van der Waals surface area (Å²) >= 11 is 0. The van der Waals surface area contributed by atoms with Crippen molar-refractivity contribution < 1.29 is 51.1 Å². The molecule has 0 aliphatic rings. The largest absolute Gasteiger partial charge is 0.394 e. The second kappa shape index (κ2) is 10.1. The van der Waals surface area contributed by atoms with Crippen molar-refractivity contribution in [3.05, 3.63) is 23.8 Å². The zero-order chi connectivity index (χ0) is 20.0. The van der Waals surface area contributed by atoms with Crippen molar-refractivity contribution in [3.8, 4) is 0 Å². The SMILES string of the molecule is OCC(O)C(O)C(O)C(O)c1cnc(C(O)C(O)C(O)C(O)CO)cn1. The first-order valence-corrected chi connectivity index (χ1v) is 7.63. The lowest BCUT2D eigenvalue weighted by atomic mass is 10.0. The van der Waals surface area contributed by atoms with Gasteiger partial charge < -0.3 is 51.1 Å². The average molecular weight is 380 g/mol. The predicted octanol–water partition coefficient (Wildman–Crippen LogP) is -5.31. The molecule has 10 N–H and O–H groups in total. The van der Waals surface area contributed by atoms with Crippen LogP contribution in [0.4, 0.5) is 0 Å². The second-order valence-corrected chi connectivity index (χ2v) is 5.72. The van der Waals surface area contributed by atoms with Gasteiger partial charge in [0.2, 0.25) is 0 Å². The van der Waals surface area contributed by atoms with E-state index in [0.29, 0.717) is 0 Å². The van der Waals surface area contributed by atoms with Crippen LogP contribution in [-0.2, 0) is 0 Å². The van der Waals surface area contributed by atoms with E-state index >= 15 is 0 Å². The molecule has 8 atom stereocenters. The number of hydrogen-bond acceptors (Lipinski definition) is 12. The number of hydrogen-bond donors (Lipinski definition) is 10. The van der Waals surface area contributed by atoms with E-state index in [1.807, 2.05) is 0 Å². The summed E-state index contributed by atoms with van der Waals surface area (Å²) in [5, 5.41) is 94.4. The van der Waals surface area contributed by atoms with E-state index in [0.717, 1.165) is 12.4 Å². The average Bonchev–Trinajstić information content (AvgIpc) is 2.69. The number of aliphatic hydroxyl groups is 10. The molecule has 12 nitrogen and oxygen atoms in total. The Kier molecular flexibility index (Phi) is 8.85. The summed E-state index contributed by atoms with van der Waals surface area (Å²) in [7, 11) is 0. The van der Waals surface area contributed by atoms with E-state index in [2.05, 4.69) is 9.97 Å². The third-order valence-corrected chi connectivity index (χ3v) is 3.81. The molecule has 0 fully saturated rings. The minimum Gasteiger partial charge on any atom is -0.394 e. The molecule has 26 heavy (non-hydrogen) atoms.